The number of amidine groups is 1. The Kier molecular flexibility index (Phi) is 3.62. The van der Waals surface area contributed by atoms with Crippen LogP contribution in [-0.2, 0) is 0 Å². The first kappa shape index (κ1) is 14.2. The van der Waals surface area contributed by atoms with Gasteiger partial charge in [0.25, 0.3) is 0 Å². The summed E-state index contributed by atoms with van der Waals surface area (Å²) in [7, 11) is 2.20. The van der Waals surface area contributed by atoms with Crippen LogP contribution < -0.4 is 5.32 Å². The van der Waals surface area contributed by atoms with Crippen molar-refractivity contribution in [1.29, 1.82) is 0 Å². The first-order chi connectivity index (χ1) is 10.7. The molecule has 1 aromatic carbocycles. The van der Waals surface area contributed by atoms with Crippen LogP contribution in [0, 0.1) is 5.92 Å². The maximum atomic E-state index is 5.07. The monoisotopic (exact) mass is 314 g/mol. The molecule has 1 aromatic rings. The van der Waals surface area contributed by atoms with Gasteiger partial charge in [-0.05, 0) is 31.0 Å². The molecule has 1 fully saturated rings. The number of hydrogen-bond donors (Lipinski definition) is 1. The molecule has 1 saturated heterocycles. The van der Waals surface area contributed by atoms with E-state index < -0.39 is 0 Å². The molecule has 0 bridgehead atoms. The van der Waals surface area contributed by atoms with E-state index in [0.717, 1.165) is 37.6 Å². The van der Waals surface area contributed by atoms with Crippen LogP contribution >= 0.6 is 11.8 Å². The van der Waals surface area contributed by atoms with E-state index in [0.29, 0.717) is 11.3 Å². The fourth-order valence-corrected chi connectivity index (χ4v) is 4.50. The number of nitrogens with one attached hydrogen (secondary N) is 1. The van der Waals surface area contributed by atoms with Crippen molar-refractivity contribution in [3.8, 4) is 0 Å². The second-order valence-electron chi connectivity index (χ2n) is 6.26. The number of allylic oxidation sites excluding steroid dienone is 1. The van der Waals surface area contributed by atoms with E-state index in [-0.39, 0.29) is 0 Å². The number of nitrogens with zero attached hydrogens (tertiary/aromatic N) is 3. The highest BCUT2D eigenvalue weighted by Crippen LogP contribution is 2.42. The molecule has 1 N–H and O–H groups in total. The van der Waals surface area contributed by atoms with Gasteiger partial charge in [0.15, 0.2) is 0 Å². The second kappa shape index (κ2) is 5.63. The molecular formula is C17H22N4S. The van der Waals surface area contributed by atoms with Gasteiger partial charge in [-0.2, -0.15) is 0 Å². The van der Waals surface area contributed by atoms with E-state index in [1.54, 1.807) is 0 Å². The molecule has 0 aromatic heterocycles. The van der Waals surface area contributed by atoms with Crippen molar-refractivity contribution in [1.82, 2.24) is 9.80 Å². The summed E-state index contributed by atoms with van der Waals surface area (Å²) in [6.07, 6.45) is 2.38. The van der Waals surface area contributed by atoms with E-state index >= 15 is 0 Å². The van der Waals surface area contributed by atoms with Gasteiger partial charge in [0.1, 0.15) is 5.84 Å². The van der Waals surface area contributed by atoms with Crippen molar-refractivity contribution < 1.29 is 0 Å². The van der Waals surface area contributed by atoms with E-state index in [1.165, 1.54) is 10.7 Å². The summed E-state index contributed by atoms with van der Waals surface area (Å²) >= 11 is 1.93. The summed E-state index contributed by atoms with van der Waals surface area (Å²) in [6, 6.07) is 8.40. The Balaban J connectivity index is 1.73. The van der Waals surface area contributed by atoms with E-state index in [4.69, 9.17) is 4.99 Å². The maximum Gasteiger partial charge on any atom is 0.115 e. The molecule has 3 heterocycles. The summed E-state index contributed by atoms with van der Waals surface area (Å²) in [5, 5.41) is 4.05. The SMILES string of the molecule is CC1=CC2C(N3CCN(C)CC3)=Nc3ccccc3NC2S1. The minimum Gasteiger partial charge on any atom is -0.370 e. The molecule has 0 spiro atoms. The Bertz CT molecular complexity index is 631. The van der Waals surface area contributed by atoms with Gasteiger partial charge in [0.05, 0.1) is 22.7 Å². The highest BCUT2D eigenvalue weighted by Gasteiger charge is 2.36. The maximum absolute atomic E-state index is 5.07. The van der Waals surface area contributed by atoms with Crippen molar-refractivity contribution in [2.45, 2.75) is 12.3 Å². The lowest BCUT2D eigenvalue weighted by Gasteiger charge is -2.36. The third kappa shape index (κ3) is 2.52. The lowest BCUT2D eigenvalue weighted by atomic mass is 10.1. The van der Waals surface area contributed by atoms with Crippen LogP contribution in [0.5, 0.6) is 0 Å². The minimum atomic E-state index is 0.362. The highest BCUT2D eigenvalue weighted by molar-refractivity contribution is 8.04. The Labute approximate surface area is 136 Å². The highest BCUT2D eigenvalue weighted by atomic mass is 32.2. The summed E-state index contributed by atoms with van der Waals surface area (Å²) in [5.74, 6) is 1.60. The molecule has 2 unspecified atom stereocenters. The molecule has 0 saturated carbocycles. The lowest BCUT2D eigenvalue weighted by Crippen LogP contribution is -2.50. The number of anilines is 1. The summed E-state index contributed by atoms with van der Waals surface area (Å²) in [6.45, 7) is 6.56. The Morgan fingerprint density at radius 2 is 1.95 bits per heavy atom. The molecule has 0 amide bonds. The molecule has 3 aliphatic rings. The second-order valence-corrected chi connectivity index (χ2v) is 7.65. The number of hydrogen-bond acceptors (Lipinski definition) is 5. The number of piperazine rings is 1. The van der Waals surface area contributed by atoms with Gasteiger partial charge in [0.2, 0.25) is 0 Å². The molecule has 4 rings (SSSR count). The molecule has 5 heteroatoms. The van der Waals surface area contributed by atoms with Gasteiger partial charge in [-0.1, -0.05) is 18.2 Å². The lowest BCUT2D eigenvalue weighted by molar-refractivity contribution is 0.211. The van der Waals surface area contributed by atoms with Crippen LogP contribution in [0.25, 0.3) is 0 Å². The Morgan fingerprint density at radius 1 is 1.18 bits per heavy atom. The van der Waals surface area contributed by atoms with Crippen LogP contribution in [0.1, 0.15) is 6.92 Å². The van der Waals surface area contributed by atoms with Crippen LogP contribution in [0.4, 0.5) is 11.4 Å². The van der Waals surface area contributed by atoms with Gasteiger partial charge in [-0.25, -0.2) is 4.99 Å². The third-order valence-corrected chi connectivity index (χ3v) is 5.79. The molecule has 2 atom stereocenters. The van der Waals surface area contributed by atoms with Gasteiger partial charge in [-0.3, -0.25) is 0 Å². The van der Waals surface area contributed by atoms with E-state index in [1.807, 2.05) is 11.8 Å². The van der Waals surface area contributed by atoms with E-state index in [9.17, 15) is 0 Å². The Morgan fingerprint density at radius 3 is 2.77 bits per heavy atom. The number of rotatable bonds is 0. The Hall–Kier alpha value is -1.46. The molecule has 0 radical (unpaired) electrons. The number of aliphatic imine (C=N–C) groups is 1. The number of fused-ring (bicyclic) bond motifs is 2. The van der Waals surface area contributed by atoms with Crippen molar-refractivity contribution in [3.63, 3.8) is 0 Å². The molecule has 4 nitrogen and oxygen atoms in total. The zero-order valence-electron chi connectivity index (χ0n) is 13.1. The van der Waals surface area contributed by atoms with Gasteiger partial charge in [-0.15, -0.1) is 11.8 Å². The zero-order chi connectivity index (χ0) is 15.1. The summed E-state index contributed by atoms with van der Waals surface area (Å²) in [4.78, 5) is 11.3. The minimum absolute atomic E-state index is 0.362. The number of thioether (sulfide) groups is 1. The smallest absolute Gasteiger partial charge is 0.115 e. The number of benzene rings is 1. The summed E-state index contributed by atoms with van der Waals surface area (Å²) in [5.41, 5.74) is 2.22. The normalized spacial score (nSPS) is 28.2. The standard InChI is InChI=1S/C17H22N4S/c1-12-11-13-16(21-9-7-20(2)8-10-21)18-14-5-3-4-6-15(14)19-17(13)22-12/h3-6,11,13,17,19H,7-10H2,1-2H3. The largest absolute Gasteiger partial charge is 0.370 e. The van der Waals surface area contributed by atoms with E-state index in [2.05, 4.69) is 59.4 Å². The topological polar surface area (TPSA) is 30.9 Å². The van der Waals surface area contributed by atoms with Crippen LogP contribution in [-0.4, -0.2) is 54.2 Å². The molecule has 22 heavy (non-hydrogen) atoms. The number of para-hydroxylation sites is 2. The first-order valence-corrected chi connectivity index (χ1v) is 8.81. The van der Waals surface area contributed by atoms with Gasteiger partial charge < -0.3 is 15.1 Å². The summed E-state index contributed by atoms with van der Waals surface area (Å²) < 4.78 is 0. The molecular weight excluding hydrogens is 292 g/mol. The molecule has 116 valence electrons. The first-order valence-electron chi connectivity index (χ1n) is 7.93. The predicted octanol–water partition coefficient (Wildman–Crippen LogP) is 2.98. The zero-order valence-corrected chi connectivity index (χ0v) is 13.9. The van der Waals surface area contributed by atoms with Gasteiger partial charge in [0, 0.05) is 26.2 Å². The fourth-order valence-electron chi connectivity index (χ4n) is 3.34. The van der Waals surface area contributed by atoms with Crippen molar-refractivity contribution in [3.05, 3.63) is 35.2 Å². The van der Waals surface area contributed by atoms with Crippen molar-refractivity contribution in [2.24, 2.45) is 10.9 Å². The average Bonchev–Trinajstić information content (AvgIpc) is 2.80. The fraction of sp³-hybridized carbons (Fsp3) is 0.471. The predicted molar refractivity (Wildman–Crippen MR) is 94.9 cm³/mol. The van der Waals surface area contributed by atoms with Crippen LogP contribution in [0.2, 0.25) is 0 Å². The van der Waals surface area contributed by atoms with Crippen LogP contribution in [0.3, 0.4) is 0 Å². The van der Waals surface area contributed by atoms with Crippen molar-refractivity contribution >= 4 is 29.0 Å². The quantitative estimate of drug-likeness (QED) is 0.797. The van der Waals surface area contributed by atoms with Crippen LogP contribution in [0.15, 0.2) is 40.2 Å². The molecule has 3 aliphatic heterocycles. The van der Waals surface area contributed by atoms with Gasteiger partial charge >= 0.3 is 0 Å². The van der Waals surface area contributed by atoms with Crippen molar-refractivity contribution in [2.75, 3.05) is 38.5 Å². The average molecular weight is 314 g/mol. The third-order valence-electron chi connectivity index (χ3n) is 4.62. The molecule has 0 aliphatic carbocycles. The number of likely N-dealkylation sites (N-methyl/N-ethyl adjacent to an activating group) is 1.